The molecule has 1 N–H and O–H groups in total. The van der Waals surface area contributed by atoms with Crippen LogP contribution in [0.2, 0.25) is 5.02 Å². The first-order valence-corrected chi connectivity index (χ1v) is 11.1. The Hall–Kier alpha value is -1.18. The van der Waals surface area contributed by atoms with Gasteiger partial charge in [-0.05, 0) is 47.0 Å². The molecule has 2 heterocycles. The molecule has 0 spiro atoms. The molecule has 2 aromatic heterocycles. The third kappa shape index (κ3) is 4.68. The molecule has 0 saturated carbocycles. The van der Waals surface area contributed by atoms with Crippen molar-refractivity contribution in [2.24, 2.45) is 0 Å². The fraction of sp³-hybridized carbons (Fsp3) is 0.176. The van der Waals surface area contributed by atoms with E-state index in [-0.39, 0.29) is 5.75 Å². The third-order valence-corrected chi connectivity index (χ3v) is 7.05. The predicted molar refractivity (Wildman–Crippen MR) is 103 cm³/mol. The Morgan fingerprint density at radius 1 is 1.08 bits per heavy atom. The third-order valence-electron chi connectivity index (χ3n) is 3.46. The molecule has 0 aliphatic rings. The summed E-state index contributed by atoms with van der Waals surface area (Å²) in [6, 6.07) is 13.2. The molecule has 3 nitrogen and oxygen atoms in total. The highest BCUT2D eigenvalue weighted by Gasteiger charge is 2.13. The van der Waals surface area contributed by atoms with Gasteiger partial charge in [0.2, 0.25) is 10.0 Å². The molecule has 0 amide bonds. The van der Waals surface area contributed by atoms with E-state index >= 15 is 0 Å². The van der Waals surface area contributed by atoms with Crippen molar-refractivity contribution in [3.8, 4) is 10.4 Å². The Balaban J connectivity index is 1.55. The van der Waals surface area contributed by atoms with Gasteiger partial charge in [-0.3, -0.25) is 0 Å². The first-order chi connectivity index (χ1) is 11.5. The Labute approximate surface area is 155 Å². The van der Waals surface area contributed by atoms with Gasteiger partial charge in [-0.15, -0.1) is 11.3 Å². The van der Waals surface area contributed by atoms with Crippen molar-refractivity contribution >= 4 is 44.3 Å². The van der Waals surface area contributed by atoms with E-state index in [0.29, 0.717) is 23.6 Å². The van der Waals surface area contributed by atoms with E-state index in [4.69, 9.17) is 11.6 Å². The quantitative estimate of drug-likeness (QED) is 0.622. The van der Waals surface area contributed by atoms with Crippen LogP contribution in [-0.4, -0.2) is 15.0 Å². The van der Waals surface area contributed by atoms with E-state index in [0.717, 1.165) is 4.88 Å². The van der Waals surface area contributed by atoms with Crippen molar-refractivity contribution in [3.05, 3.63) is 68.7 Å². The number of benzene rings is 1. The largest absolute Gasteiger partial charge is 0.215 e. The molecule has 0 atom stereocenters. The van der Waals surface area contributed by atoms with Crippen LogP contribution in [0.4, 0.5) is 0 Å². The summed E-state index contributed by atoms with van der Waals surface area (Å²) in [6.45, 7) is 0.385. The molecule has 24 heavy (non-hydrogen) atoms. The lowest BCUT2D eigenvalue weighted by molar-refractivity contribution is 0.581. The van der Waals surface area contributed by atoms with Crippen LogP contribution in [0.15, 0.2) is 53.2 Å². The molecule has 0 saturated heterocycles. The van der Waals surface area contributed by atoms with Crippen LogP contribution in [0.3, 0.4) is 0 Å². The molecule has 3 aromatic rings. The van der Waals surface area contributed by atoms with Crippen molar-refractivity contribution in [2.45, 2.75) is 12.2 Å². The average Bonchev–Trinajstić information content (AvgIpc) is 3.20. The summed E-state index contributed by atoms with van der Waals surface area (Å²) in [7, 11) is -3.39. The van der Waals surface area contributed by atoms with Gasteiger partial charge in [0.05, 0.1) is 5.75 Å². The minimum Gasteiger partial charge on any atom is -0.215 e. The Morgan fingerprint density at radius 2 is 1.92 bits per heavy atom. The lowest BCUT2D eigenvalue weighted by Gasteiger charge is -2.07. The summed E-state index contributed by atoms with van der Waals surface area (Å²) >= 11 is 9.39. The highest BCUT2D eigenvalue weighted by molar-refractivity contribution is 7.88. The van der Waals surface area contributed by atoms with E-state index in [2.05, 4.69) is 33.7 Å². The first kappa shape index (κ1) is 17.6. The summed E-state index contributed by atoms with van der Waals surface area (Å²) in [5.41, 5.74) is 1.83. The van der Waals surface area contributed by atoms with Crippen molar-refractivity contribution in [3.63, 3.8) is 0 Å². The summed E-state index contributed by atoms with van der Waals surface area (Å²) in [4.78, 5) is 2.38. The van der Waals surface area contributed by atoms with E-state index in [9.17, 15) is 8.42 Å². The number of hydrogen-bond acceptors (Lipinski definition) is 4. The molecule has 126 valence electrons. The Kier molecular flexibility index (Phi) is 5.73. The van der Waals surface area contributed by atoms with Gasteiger partial charge in [0.1, 0.15) is 0 Å². The molecule has 1 aromatic carbocycles. The van der Waals surface area contributed by atoms with E-state index < -0.39 is 10.0 Å². The molecular formula is C17H16ClNO2S3. The molecule has 0 aliphatic carbocycles. The maximum absolute atomic E-state index is 12.2. The standard InChI is InChI=1S/C17H16ClNO2S3/c18-16-4-2-1-3-14(16)12-24(20,21)19-9-7-15-5-6-17(23-15)13-8-10-22-11-13/h1-6,8,10-11,19H,7,9,12H2. The maximum Gasteiger partial charge on any atom is 0.215 e. The number of sulfonamides is 1. The number of rotatable bonds is 7. The molecular weight excluding hydrogens is 382 g/mol. The van der Waals surface area contributed by atoms with Crippen LogP contribution in [0, 0.1) is 0 Å². The van der Waals surface area contributed by atoms with Gasteiger partial charge < -0.3 is 0 Å². The van der Waals surface area contributed by atoms with Crippen LogP contribution >= 0.6 is 34.3 Å². The maximum atomic E-state index is 12.2. The summed E-state index contributed by atoms with van der Waals surface area (Å²) in [5, 5.41) is 4.64. The van der Waals surface area contributed by atoms with E-state index in [1.165, 1.54) is 10.4 Å². The van der Waals surface area contributed by atoms with E-state index in [1.807, 2.05) is 0 Å². The molecule has 0 fully saturated rings. The van der Waals surface area contributed by atoms with Gasteiger partial charge in [-0.2, -0.15) is 11.3 Å². The average molecular weight is 398 g/mol. The van der Waals surface area contributed by atoms with Gasteiger partial charge in [0.15, 0.2) is 0 Å². The smallest absolute Gasteiger partial charge is 0.215 e. The summed E-state index contributed by atoms with van der Waals surface area (Å²) in [5.74, 6) is -0.0999. The highest BCUT2D eigenvalue weighted by atomic mass is 35.5. The SMILES string of the molecule is O=S(=O)(Cc1ccccc1Cl)NCCc1ccc(-c2ccsc2)s1. The fourth-order valence-corrected chi connectivity index (χ4v) is 5.47. The fourth-order valence-electron chi connectivity index (χ4n) is 2.27. The molecule has 3 rings (SSSR count). The van der Waals surface area contributed by atoms with Crippen LogP contribution < -0.4 is 4.72 Å². The molecule has 0 bridgehead atoms. The van der Waals surface area contributed by atoms with Crippen molar-refractivity contribution in [2.75, 3.05) is 6.54 Å². The monoisotopic (exact) mass is 397 g/mol. The molecule has 7 heteroatoms. The van der Waals surface area contributed by atoms with Gasteiger partial charge >= 0.3 is 0 Å². The topological polar surface area (TPSA) is 46.2 Å². The second-order valence-corrected chi connectivity index (χ2v) is 9.44. The summed E-state index contributed by atoms with van der Waals surface area (Å²) in [6.07, 6.45) is 0.677. The van der Waals surface area contributed by atoms with Gasteiger partial charge in [0, 0.05) is 26.9 Å². The molecule has 0 unspecified atom stereocenters. The van der Waals surface area contributed by atoms with Crippen LogP contribution in [0.5, 0.6) is 0 Å². The summed E-state index contributed by atoms with van der Waals surface area (Å²) < 4.78 is 27.0. The van der Waals surface area contributed by atoms with Gasteiger partial charge in [-0.1, -0.05) is 29.8 Å². The number of hydrogen-bond donors (Lipinski definition) is 1. The van der Waals surface area contributed by atoms with Crippen molar-refractivity contribution < 1.29 is 8.42 Å². The van der Waals surface area contributed by atoms with Crippen LogP contribution in [0.25, 0.3) is 10.4 Å². The minimum atomic E-state index is -3.39. The number of nitrogens with one attached hydrogen (secondary N) is 1. The molecule has 0 radical (unpaired) electrons. The zero-order valence-electron chi connectivity index (χ0n) is 12.7. The first-order valence-electron chi connectivity index (χ1n) is 7.35. The van der Waals surface area contributed by atoms with Gasteiger partial charge in [-0.25, -0.2) is 13.1 Å². The lowest BCUT2D eigenvalue weighted by atomic mass is 10.2. The second-order valence-electron chi connectivity index (χ2n) is 5.27. The highest BCUT2D eigenvalue weighted by Crippen LogP contribution is 2.29. The molecule has 0 aliphatic heterocycles. The number of halogens is 1. The normalized spacial score (nSPS) is 11.7. The second kappa shape index (κ2) is 7.80. The minimum absolute atomic E-state index is 0.0999. The lowest BCUT2D eigenvalue weighted by Crippen LogP contribution is -2.27. The number of thiophene rings is 2. The van der Waals surface area contributed by atoms with Crippen molar-refractivity contribution in [1.29, 1.82) is 0 Å². The predicted octanol–water partition coefficient (Wildman–Crippen LogP) is 4.79. The van der Waals surface area contributed by atoms with Crippen molar-refractivity contribution in [1.82, 2.24) is 4.72 Å². The zero-order chi connectivity index (χ0) is 17.0. The Morgan fingerprint density at radius 3 is 2.67 bits per heavy atom. The van der Waals surface area contributed by atoms with Crippen LogP contribution in [-0.2, 0) is 22.2 Å². The van der Waals surface area contributed by atoms with Crippen LogP contribution in [0.1, 0.15) is 10.4 Å². The van der Waals surface area contributed by atoms with E-state index in [1.54, 1.807) is 46.9 Å². The zero-order valence-corrected chi connectivity index (χ0v) is 15.9. The Bertz CT molecular complexity index is 902. The van der Waals surface area contributed by atoms with Gasteiger partial charge in [0.25, 0.3) is 0 Å².